The molecule has 0 radical (unpaired) electrons. The molecule has 0 aromatic heterocycles. The molecule has 1 N–H and O–H groups in total. The van der Waals surface area contributed by atoms with Gasteiger partial charge in [0.1, 0.15) is 5.69 Å². The fraction of sp³-hybridized carbons (Fsp3) is 0.500. The van der Waals surface area contributed by atoms with E-state index in [9.17, 15) is 14.9 Å². The van der Waals surface area contributed by atoms with Gasteiger partial charge in [0.25, 0.3) is 11.6 Å². The smallest absolute Gasteiger partial charge is 0.293 e. The molecule has 2 atom stereocenters. The van der Waals surface area contributed by atoms with E-state index in [0.717, 1.165) is 51.6 Å². The van der Waals surface area contributed by atoms with Crippen LogP contribution in [0, 0.1) is 22.0 Å². The molecule has 32 heavy (non-hydrogen) atoms. The number of carbonyl (C=O) groups excluding carboxylic acids is 1. The Kier molecular flexibility index (Phi) is 7.08. The summed E-state index contributed by atoms with van der Waals surface area (Å²) in [4.78, 5) is 26.4. The van der Waals surface area contributed by atoms with Crippen LogP contribution in [-0.2, 0) is 6.42 Å². The van der Waals surface area contributed by atoms with Crippen LogP contribution in [0.2, 0.25) is 0 Å². The molecule has 2 aromatic rings. The van der Waals surface area contributed by atoms with Gasteiger partial charge in [-0.15, -0.1) is 0 Å². The normalized spacial score (nSPS) is 21.8. The fourth-order valence-corrected chi connectivity index (χ4v) is 5.19. The molecular weight excluding hydrogens is 402 g/mol. The Labute approximate surface area is 190 Å². The van der Waals surface area contributed by atoms with E-state index >= 15 is 0 Å². The van der Waals surface area contributed by atoms with Crippen molar-refractivity contribution in [3.63, 3.8) is 0 Å². The number of hydrogen-bond acceptors (Lipinski definition) is 4. The number of anilines is 1. The van der Waals surface area contributed by atoms with Gasteiger partial charge in [0.2, 0.25) is 0 Å². The van der Waals surface area contributed by atoms with E-state index in [1.165, 1.54) is 18.1 Å². The van der Waals surface area contributed by atoms with E-state index in [1.807, 2.05) is 6.07 Å². The first-order chi connectivity index (χ1) is 15.5. The number of benzene rings is 2. The first kappa shape index (κ1) is 22.3. The van der Waals surface area contributed by atoms with Crippen molar-refractivity contribution in [3.8, 4) is 0 Å². The number of piperidine rings is 1. The summed E-state index contributed by atoms with van der Waals surface area (Å²) in [5.41, 5.74) is 2.36. The summed E-state index contributed by atoms with van der Waals surface area (Å²) in [6.07, 6.45) is 7.48. The third-order valence-corrected chi connectivity index (χ3v) is 7.18. The lowest BCUT2D eigenvalue weighted by atomic mass is 9.86. The van der Waals surface area contributed by atoms with Crippen LogP contribution in [0.1, 0.15) is 61.4 Å². The number of nitro benzene ring substituents is 1. The second-order valence-corrected chi connectivity index (χ2v) is 9.42. The quantitative estimate of drug-likeness (QED) is 0.489. The van der Waals surface area contributed by atoms with E-state index in [4.69, 9.17) is 0 Å². The van der Waals surface area contributed by atoms with Gasteiger partial charge in [0, 0.05) is 30.8 Å². The zero-order valence-electron chi connectivity index (χ0n) is 18.8. The van der Waals surface area contributed by atoms with Crippen molar-refractivity contribution < 1.29 is 9.72 Å². The summed E-state index contributed by atoms with van der Waals surface area (Å²) in [5.74, 6) is 0.828. The van der Waals surface area contributed by atoms with E-state index in [-0.39, 0.29) is 22.6 Å². The van der Waals surface area contributed by atoms with Gasteiger partial charge in [-0.05, 0) is 61.6 Å². The second kappa shape index (κ2) is 10.2. The Morgan fingerprint density at radius 1 is 1.06 bits per heavy atom. The van der Waals surface area contributed by atoms with Gasteiger partial charge < -0.3 is 10.2 Å². The minimum atomic E-state index is -0.356. The lowest BCUT2D eigenvalue weighted by molar-refractivity contribution is -0.384. The van der Waals surface area contributed by atoms with Crippen LogP contribution in [0.25, 0.3) is 0 Å². The first-order valence-corrected chi connectivity index (χ1v) is 11.9. The predicted molar refractivity (Wildman–Crippen MR) is 127 cm³/mol. The molecule has 0 bridgehead atoms. The van der Waals surface area contributed by atoms with Crippen molar-refractivity contribution in [1.29, 1.82) is 0 Å². The van der Waals surface area contributed by atoms with E-state index in [0.29, 0.717) is 23.1 Å². The zero-order chi connectivity index (χ0) is 22.5. The number of nitrogens with one attached hydrogen (secondary N) is 1. The average molecular weight is 436 g/mol. The highest BCUT2D eigenvalue weighted by Crippen LogP contribution is 2.33. The molecule has 1 aliphatic heterocycles. The Bertz CT molecular complexity index is 939. The van der Waals surface area contributed by atoms with Crippen LogP contribution in [0.4, 0.5) is 11.4 Å². The maximum atomic E-state index is 12.8. The minimum absolute atomic E-state index is 0.0239. The van der Waals surface area contributed by atoms with E-state index in [2.05, 4.69) is 41.4 Å². The van der Waals surface area contributed by atoms with Crippen LogP contribution >= 0.6 is 0 Å². The fourth-order valence-electron chi connectivity index (χ4n) is 5.19. The zero-order valence-corrected chi connectivity index (χ0v) is 18.8. The number of hydrogen-bond donors (Lipinski definition) is 1. The average Bonchev–Trinajstić information content (AvgIpc) is 2.81. The van der Waals surface area contributed by atoms with Crippen LogP contribution < -0.4 is 10.2 Å². The lowest BCUT2D eigenvalue weighted by Crippen LogP contribution is -2.41. The summed E-state index contributed by atoms with van der Waals surface area (Å²) in [5, 5.41) is 14.9. The monoisotopic (exact) mass is 435 g/mol. The van der Waals surface area contributed by atoms with Gasteiger partial charge in [0.05, 0.1) is 4.92 Å². The SMILES string of the molecule is C[C@@H]1CCCC[C@@H]1NC(=O)c1ccc(N2CCC(Cc3ccccc3)CC2)c([N+](=O)[O-])c1. The Balaban J connectivity index is 1.42. The topological polar surface area (TPSA) is 75.5 Å². The highest BCUT2D eigenvalue weighted by Gasteiger charge is 2.28. The van der Waals surface area contributed by atoms with Crippen LogP contribution in [0.5, 0.6) is 0 Å². The molecule has 1 heterocycles. The molecule has 2 aliphatic rings. The largest absolute Gasteiger partial charge is 0.366 e. The molecule has 1 aliphatic carbocycles. The number of nitrogens with zero attached hydrogens (tertiary/aromatic N) is 2. The van der Waals surface area contributed by atoms with Crippen LogP contribution in [0.3, 0.4) is 0 Å². The van der Waals surface area contributed by atoms with Gasteiger partial charge >= 0.3 is 0 Å². The second-order valence-electron chi connectivity index (χ2n) is 9.42. The molecule has 2 aromatic carbocycles. The summed E-state index contributed by atoms with van der Waals surface area (Å²) in [6.45, 7) is 3.75. The van der Waals surface area contributed by atoms with E-state index in [1.54, 1.807) is 12.1 Å². The van der Waals surface area contributed by atoms with Gasteiger partial charge in [-0.25, -0.2) is 0 Å². The number of carbonyl (C=O) groups is 1. The molecule has 6 heteroatoms. The van der Waals surface area contributed by atoms with Crippen molar-refractivity contribution in [2.75, 3.05) is 18.0 Å². The predicted octanol–water partition coefficient (Wildman–Crippen LogP) is 5.36. The summed E-state index contributed by atoms with van der Waals surface area (Å²) >= 11 is 0. The minimum Gasteiger partial charge on any atom is -0.366 e. The summed E-state index contributed by atoms with van der Waals surface area (Å²) < 4.78 is 0. The maximum Gasteiger partial charge on any atom is 0.293 e. The molecular formula is C26H33N3O3. The third-order valence-electron chi connectivity index (χ3n) is 7.18. The van der Waals surface area contributed by atoms with Crippen molar-refractivity contribution >= 4 is 17.3 Å². The highest BCUT2D eigenvalue weighted by molar-refractivity contribution is 5.96. The molecule has 0 spiro atoms. The molecule has 170 valence electrons. The summed E-state index contributed by atoms with van der Waals surface area (Å²) in [6, 6.07) is 15.6. The Morgan fingerprint density at radius 2 is 1.78 bits per heavy atom. The molecule has 6 nitrogen and oxygen atoms in total. The van der Waals surface area contributed by atoms with Crippen LogP contribution in [-0.4, -0.2) is 30.0 Å². The Hall–Kier alpha value is -2.89. The van der Waals surface area contributed by atoms with Crippen molar-refractivity contribution in [2.24, 2.45) is 11.8 Å². The van der Waals surface area contributed by atoms with Crippen molar-refractivity contribution in [1.82, 2.24) is 5.32 Å². The van der Waals surface area contributed by atoms with Crippen molar-refractivity contribution in [3.05, 3.63) is 69.8 Å². The van der Waals surface area contributed by atoms with Crippen molar-refractivity contribution in [2.45, 2.75) is 57.9 Å². The highest BCUT2D eigenvalue weighted by atomic mass is 16.6. The molecule has 0 unspecified atom stereocenters. The first-order valence-electron chi connectivity index (χ1n) is 11.9. The molecule has 1 saturated carbocycles. The van der Waals surface area contributed by atoms with Crippen LogP contribution in [0.15, 0.2) is 48.5 Å². The Morgan fingerprint density at radius 3 is 2.47 bits per heavy atom. The third kappa shape index (κ3) is 5.29. The number of amides is 1. The van der Waals surface area contributed by atoms with E-state index < -0.39 is 0 Å². The molecule has 1 amide bonds. The molecule has 2 fully saturated rings. The lowest BCUT2D eigenvalue weighted by Gasteiger charge is -2.33. The van der Waals surface area contributed by atoms with Gasteiger partial charge in [-0.3, -0.25) is 14.9 Å². The van der Waals surface area contributed by atoms with Gasteiger partial charge in [-0.2, -0.15) is 0 Å². The standard InChI is InChI=1S/C26H33N3O3/c1-19-7-5-6-10-23(19)27-26(30)22-11-12-24(25(18-22)29(31)32)28-15-13-21(14-16-28)17-20-8-3-2-4-9-20/h2-4,8-9,11-12,18-19,21,23H,5-7,10,13-17H2,1H3,(H,27,30)/t19-,23+/m1/s1. The molecule has 1 saturated heterocycles. The molecule has 4 rings (SSSR count). The van der Waals surface area contributed by atoms with Gasteiger partial charge in [0.15, 0.2) is 0 Å². The maximum absolute atomic E-state index is 12.8. The number of nitro groups is 1. The van der Waals surface area contributed by atoms with Gasteiger partial charge in [-0.1, -0.05) is 50.1 Å². The summed E-state index contributed by atoms with van der Waals surface area (Å²) in [7, 11) is 0. The number of rotatable bonds is 6.